The lowest BCUT2D eigenvalue weighted by molar-refractivity contribution is -0.149. The standard InChI is InChI=1S/C34H61N3O6/c1-3-4-5-8-28(39)20-30(42-23(2)38)12-11-24-16-27(34(41)31(17-24)43-29-9-6-7-10-29)22-37-21-26(19-33(37)40)15-25-13-14-36-32(35)18-25/h24-32,34,36,39,41H,3-22,35H2,1-2H3/t24?,25?,26-,27?,28-,30+,31?,32?,34?/m0/s1. The number of unbranched alkanes of at least 4 members (excludes halogenated alkanes) is 2. The largest absolute Gasteiger partial charge is 0.462 e. The fourth-order valence-corrected chi connectivity index (χ4v) is 8.38. The minimum Gasteiger partial charge on any atom is -0.462 e. The molecule has 2 aliphatic carbocycles. The molecule has 43 heavy (non-hydrogen) atoms. The van der Waals surface area contributed by atoms with Crippen molar-refractivity contribution in [1.82, 2.24) is 10.2 Å². The minimum absolute atomic E-state index is 0.0352. The van der Waals surface area contributed by atoms with Gasteiger partial charge in [-0.25, -0.2) is 0 Å². The van der Waals surface area contributed by atoms with Gasteiger partial charge in [0.1, 0.15) is 6.10 Å². The molecule has 4 aliphatic rings. The Morgan fingerprint density at radius 2 is 1.88 bits per heavy atom. The van der Waals surface area contributed by atoms with Crippen molar-refractivity contribution in [2.45, 2.75) is 160 Å². The highest BCUT2D eigenvalue weighted by Gasteiger charge is 2.42. The number of likely N-dealkylation sites (tertiary alicyclic amines) is 1. The predicted molar refractivity (Wildman–Crippen MR) is 167 cm³/mol. The van der Waals surface area contributed by atoms with E-state index in [1.54, 1.807) is 0 Å². The molecule has 0 radical (unpaired) electrons. The summed E-state index contributed by atoms with van der Waals surface area (Å²) >= 11 is 0. The second-order valence-corrected chi connectivity index (χ2v) is 14.4. The molecule has 248 valence electrons. The van der Waals surface area contributed by atoms with Crippen LogP contribution in [-0.4, -0.2) is 83.3 Å². The van der Waals surface area contributed by atoms with E-state index in [0.29, 0.717) is 43.6 Å². The Bertz CT molecular complexity index is 854. The van der Waals surface area contributed by atoms with Gasteiger partial charge in [0, 0.05) is 38.8 Å². The molecular weight excluding hydrogens is 546 g/mol. The van der Waals surface area contributed by atoms with Gasteiger partial charge in [-0.1, -0.05) is 39.0 Å². The summed E-state index contributed by atoms with van der Waals surface area (Å²) < 4.78 is 12.2. The number of nitrogens with zero attached hydrogens (tertiary/aromatic N) is 1. The number of ether oxygens (including phenoxy) is 2. The lowest BCUT2D eigenvalue weighted by atomic mass is 9.75. The Morgan fingerprint density at radius 3 is 2.60 bits per heavy atom. The SMILES string of the molecule is CCCCC[C@H](O)C[C@@H](CCC1CC(CN2C[C@@H](CC3CCNC(N)C3)CC2=O)C(O)C(OC2CCCC2)C1)OC(C)=O. The Kier molecular flexibility index (Phi) is 14.0. The number of hydrogen-bond acceptors (Lipinski definition) is 8. The normalized spacial score (nSPS) is 33.6. The van der Waals surface area contributed by atoms with Crippen LogP contribution in [0.5, 0.6) is 0 Å². The third kappa shape index (κ3) is 11.2. The van der Waals surface area contributed by atoms with E-state index in [1.807, 2.05) is 4.90 Å². The van der Waals surface area contributed by atoms with Gasteiger partial charge in [-0.2, -0.15) is 0 Å². The molecule has 4 fully saturated rings. The zero-order valence-corrected chi connectivity index (χ0v) is 27.0. The van der Waals surface area contributed by atoms with Crippen LogP contribution >= 0.6 is 0 Å². The van der Waals surface area contributed by atoms with Crippen molar-refractivity contribution in [1.29, 1.82) is 0 Å². The molecule has 0 aromatic heterocycles. The van der Waals surface area contributed by atoms with E-state index in [2.05, 4.69) is 12.2 Å². The van der Waals surface area contributed by atoms with Crippen molar-refractivity contribution < 1.29 is 29.3 Å². The van der Waals surface area contributed by atoms with Gasteiger partial charge in [-0.15, -0.1) is 0 Å². The number of aliphatic hydroxyl groups is 2. The number of aliphatic hydroxyl groups excluding tert-OH is 2. The summed E-state index contributed by atoms with van der Waals surface area (Å²) in [5.74, 6) is 1.10. The number of rotatable bonds is 16. The minimum atomic E-state index is -0.587. The first-order valence-electron chi connectivity index (χ1n) is 17.7. The van der Waals surface area contributed by atoms with Crippen molar-refractivity contribution >= 4 is 11.9 Å². The molecule has 0 bridgehead atoms. The van der Waals surface area contributed by atoms with Gasteiger partial charge in [-0.3, -0.25) is 9.59 Å². The topological polar surface area (TPSA) is 134 Å². The lowest BCUT2D eigenvalue weighted by Gasteiger charge is -2.42. The summed E-state index contributed by atoms with van der Waals surface area (Å²) in [6, 6.07) is 0. The van der Waals surface area contributed by atoms with Gasteiger partial charge < -0.3 is 35.6 Å². The molecule has 2 aliphatic heterocycles. The molecule has 0 aromatic carbocycles. The van der Waals surface area contributed by atoms with E-state index in [-0.39, 0.29) is 42.3 Å². The molecule has 5 N–H and O–H groups in total. The Balaban J connectivity index is 1.35. The fraction of sp³-hybridized carbons (Fsp3) is 0.941. The van der Waals surface area contributed by atoms with Gasteiger partial charge in [0.05, 0.1) is 30.6 Å². The maximum absolute atomic E-state index is 13.1. The third-order valence-corrected chi connectivity index (χ3v) is 10.6. The zero-order valence-electron chi connectivity index (χ0n) is 27.0. The van der Waals surface area contributed by atoms with Crippen molar-refractivity contribution in [2.24, 2.45) is 29.4 Å². The van der Waals surface area contributed by atoms with Crippen LogP contribution in [0.4, 0.5) is 0 Å². The van der Waals surface area contributed by atoms with Crippen LogP contribution in [0.2, 0.25) is 0 Å². The summed E-state index contributed by atoms with van der Waals surface area (Å²) in [7, 11) is 0. The first-order valence-corrected chi connectivity index (χ1v) is 17.7. The molecule has 0 aromatic rings. The van der Waals surface area contributed by atoms with Gasteiger partial charge in [0.2, 0.25) is 5.91 Å². The average molecular weight is 608 g/mol. The highest BCUT2D eigenvalue weighted by molar-refractivity contribution is 5.78. The maximum atomic E-state index is 13.1. The van der Waals surface area contributed by atoms with E-state index in [4.69, 9.17) is 15.2 Å². The summed E-state index contributed by atoms with van der Waals surface area (Å²) in [4.78, 5) is 27.0. The van der Waals surface area contributed by atoms with Crippen LogP contribution in [0.25, 0.3) is 0 Å². The van der Waals surface area contributed by atoms with Crippen LogP contribution < -0.4 is 11.1 Å². The van der Waals surface area contributed by atoms with E-state index in [1.165, 1.54) is 19.8 Å². The Labute approximate surface area is 260 Å². The number of carbonyl (C=O) groups is 2. The molecule has 9 heteroatoms. The number of amides is 1. The Hall–Kier alpha value is -1.26. The van der Waals surface area contributed by atoms with E-state index in [9.17, 15) is 19.8 Å². The average Bonchev–Trinajstić information content (AvgIpc) is 3.58. The van der Waals surface area contributed by atoms with Gasteiger partial charge in [-0.05, 0) is 88.5 Å². The predicted octanol–water partition coefficient (Wildman–Crippen LogP) is 4.27. The highest BCUT2D eigenvalue weighted by Crippen LogP contribution is 2.39. The van der Waals surface area contributed by atoms with E-state index >= 15 is 0 Å². The first kappa shape index (κ1) is 34.6. The second kappa shape index (κ2) is 17.4. The lowest BCUT2D eigenvalue weighted by Crippen LogP contribution is -2.48. The molecule has 9 nitrogen and oxygen atoms in total. The van der Waals surface area contributed by atoms with Crippen molar-refractivity contribution in [2.75, 3.05) is 19.6 Å². The van der Waals surface area contributed by atoms with Crippen molar-refractivity contribution in [3.8, 4) is 0 Å². The molecule has 4 rings (SSSR count). The number of carbonyl (C=O) groups excluding carboxylic acids is 2. The van der Waals surface area contributed by atoms with E-state index < -0.39 is 12.2 Å². The number of hydrogen-bond donors (Lipinski definition) is 4. The molecule has 9 atom stereocenters. The molecule has 2 saturated carbocycles. The van der Waals surface area contributed by atoms with Crippen LogP contribution in [0.1, 0.15) is 123 Å². The van der Waals surface area contributed by atoms with Gasteiger partial charge >= 0.3 is 5.97 Å². The molecular formula is C34H61N3O6. The number of piperidine rings is 1. The molecule has 2 heterocycles. The molecule has 1 amide bonds. The summed E-state index contributed by atoms with van der Waals surface area (Å²) in [5, 5.41) is 25.5. The van der Waals surface area contributed by atoms with Crippen LogP contribution in [0, 0.1) is 23.7 Å². The van der Waals surface area contributed by atoms with E-state index in [0.717, 1.165) is 90.1 Å². The maximum Gasteiger partial charge on any atom is 0.302 e. The highest BCUT2D eigenvalue weighted by atomic mass is 16.5. The van der Waals surface area contributed by atoms with Gasteiger partial charge in [0.15, 0.2) is 0 Å². The Morgan fingerprint density at radius 1 is 1.09 bits per heavy atom. The first-order chi connectivity index (χ1) is 20.7. The summed E-state index contributed by atoms with van der Waals surface area (Å²) in [6.07, 6.45) is 14.4. The van der Waals surface area contributed by atoms with Crippen LogP contribution in [0.3, 0.4) is 0 Å². The zero-order chi connectivity index (χ0) is 30.8. The fourth-order valence-electron chi connectivity index (χ4n) is 8.38. The number of nitrogens with two attached hydrogens (primary N) is 1. The van der Waals surface area contributed by atoms with Crippen LogP contribution in [-0.2, 0) is 19.1 Å². The number of esters is 1. The smallest absolute Gasteiger partial charge is 0.302 e. The third-order valence-electron chi connectivity index (χ3n) is 10.6. The van der Waals surface area contributed by atoms with Crippen LogP contribution in [0.15, 0.2) is 0 Å². The second-order valence-electron chi connectivity index (χ2n) is 14.4. The quantitative estimate of drug-likeness (QED) is 0.151. The molecule has 2 saturated heterocycles. The van der Waals surface area contributed by atoms with Gasteiger partial charge in [0.25, 0.3) is 0 Å². The summed E-state index contributed by atoms with van der Waals surface area (Å²) in [6.45, 7) is 5.88. The number of nitrogens with one attached hydrogen (secondary N) is 1. The van der Waals surface area contributed by atoms with Crippen molar-refractivity contribution in [3.05, 3.63) is 0 Å². The summed E-state index contributed by atoms with van der Waals surface area (Å²) in [5.41, 5.74) is 6.13. The molecule has 0 spiro atoms. The van der Waals surface area contributed by atoms with Crippen molar-refractivity contribution in [3.63, 3.8) is 0 Å². The molecule has 6 unspecified atom stereocenters. The monoisotopic (exact) mass is 607 g/mol.